The standard InChI is InChI=1S/C21H25N/c1-6-8-9-12-17(4)22-18(5)20(15-16(3)7-2)19-13-10-11-14-21(19)22/h6,8-15H,1,7H2,2-5H3/b9-8-,16-15-,17-12+. The molecule has 0 aliphatic carbocycles. The lowest BCUT2D eigenvalue weighted by Gasteiger charge is -2.08. The number of nitrogens with zero attached hydrogens (tertiary/aromatic N) is 1. The van der Waals surface area contributed by atoms with E-state index in [-0.39, 0.29) is 0 Å². The van der Waals surface area contributed by atoms with Gasteiger partial charge < -0.3 is 4.57 Å². The molecule has 2 aromatic rings. The van der Waals surface area contributed by atoms with E-state index in [2.05, 4.69) is 75.3 Å². The van der Waals surface area contributed by atoms with Crippen LogP contribution >= 0.6 is 0 Å². The smallest absolute Gasteiger partial charge is 0.0534 e. The summed E-state index contributed by atoms with van der Waals surface area (Å²) in [4.78, 5) is 0. The Kier molecular flexibility index (Phi) is 5.21. The predicted molar refractivity (Wildman–Crippen MR) is 99.9 cm³/mol. The van der Waals surface area contributed by atoms with Gasteiger partial charge in [-0.2, -0.15) is 0 Å². The van der Waals surface area contributed by atoms with Gasteiger partial charge in [0.15, 0.2) is 0 Å². The number of hydrogen-bond donors (Lipinski definition) is 0. The summed E-state index contributed by atoms with van der Waals surface area (Å²) in [6.07, 6.45) is 11.3. The number of rotatable bonds is 5. The Labute approximate surface area is 134 Å². The van der Waals surface area contributed by atoms with Crippen molar-refractivity contribution in [2.24, 2.45) is 0 Å². The summed E-state index contributed by atoms with van der Waals surface area (Å²) in [6.45, 7) is 12.5. The largest absolute Gasteiger partial charge is 0.317 e. The summed E-state index contributed by atoms with van der Waals surface area (Å²) in [5, 5.41) is 1.31. The lowest BCUT2D eigenvalue weighted by atomic mass is 10.1. The topological polar surface area (TPSA) is 4.93 Å². The van der Waals surface area contributed by atoms with Crippen LogP contribution in [-0.2, 0) is 0 Å². The average molecular weight is 291 g/mol. The van der Waals surface area contributed by atoms with Gasteiger partial charge in [0.05, 0.1) is 5.52 Å². The highest BCUT2D eigenvalue weighted by molar-refractivity contribution is 5.93. The van der Waals surface area contributed by atoms with Crippen molar-refractivity contribution in [2.45, 2.75) is 34.1 Å². The Bertz CT molecular complexity index is 767. The van der Waals surface area contributed by atoms with Crippen molar-refractivity contribution in [1.29, 1.82) is 0 Å². The van der Waals surface area contributed by atoms with Gasteiger partial charge in [0.2, 0.25) is 0 Å². The quantitative estimate of drug-likeness (QED) is 0.564. The molecular weight excluding hydrogens is 266 g/mol. The van der Waals surface area contributed by atoms with Crippen LogP contribution in [0.1, 0.15) is 38.4 Å². The van der Waals surface area contributed by atoms with Crippen LogP contribution < -0.4 is 0 Å². The molecule has 114 valence electrons. The molecule has 1 nitrogen and oxygen atoms in total. The molecular formula is C21H25N. The highest BCUT2D eigenvalue weighted by Gasteiger charge is 2.12. The Morgan fingerprint density at radius 2 is 1.91 bits per heavy atom. The van der Waals surface area contributed by atoms with Crippen LogP contribution in [0, 0.1) is 6.92 Å². The molecule has 0 atom stereocenters. The maximum atomic E-state index is 3.71. The van der Waals surface area contributed by atoms with Gasteiger partial charge >= 0.3 is 0 Å². The second kappa shape index (κ2) is 7.13. The number of hydrogen-bond acceptors (Lipinski definition) is 0. The highest BCUT2D eigenvalue weighted by atomic mass is 15.0. The van der Waals surface area contributed by atoms with Gasteiger partial charge in [-0.25, -0.2) is 0 Å². The van der Waals surface area contributed by atoms with Crippen molar-refractivity contribution in [1.82, 2.24) is 4.57 Å². The lowest BCUT2D eigenvalue weighted by Crippen LogP contribution is -1.96. The number of allylic oxidation sites excluding steroid dienone is 6. The molecule has 0 fully saturated rings. The Morgan fingerprint density at radius 1 is 1.18 bits per heavy atom. The van der Waals surface area contributed by atoms with E-state index in [4.69, 9.17) is 0 Å². The van der Waals surface area contributed by atoms with E-state index < -0.39 is 0 Å². The fourth-order valence-electron chi connectivity index (χ4n) is 2.73. The third kappa shape index (κ3) is 3.14. The van der Waals surface area contributed by atoms with Gasteiger partial charge in [0.25, 0.3) is 0 Å². The van der Waals surface area contributed by atoms with Gasteiger partial charge in [0, 0.05) is 22.3 Å². The van der Waals surface area contributed by atoms with Crippen LogP contribution in [0.25, 0.3) is 22.7 Å². The molecule has 0 spiro atoms. The van der Waals surface area contributed by atoms with Gasteiger partial charge in [0.1, 0.15) is 0 Å². The molecule has 1 aromatic carbocycles. The van der Waals surface area contributed by atoms with Crippen molar-refractivity contribution in [3.05, 3.63) is 72.0 Å². The average Bonchev–Trinajstić information content (AvgIpc) is 2.80. The molecule has 0 bridgehead atoms. The molecule has 2 rings (SSSR count). The zero-order chi connectivity index (χ0) is 16.1. The number of benzene rings is 1. The fraction of sp³-hybridized carbons (Fsp3) is 0.238. The van der Waals surface area contributed by atoms with Gasteiger partial charge in [-0.3, -0.25) is 0 Å². The third-order valence-electron chi connectivity index (χ3n) is 4.05. The summed E-state index contributed by atoms with van der Waals surface area (Å²) in [7, 11) is 0. The highest BCUT2D eigenvalue weighted by Crippen LogP contribution is 2.30. The summed E-state index contributed by atoms with van der Waals surface area (Å²) >= 11 is 0. The van der Waals surface area contributed by atoms with Gasteiger partial charge in [-0.15, -0.1) is 0 Å². The first kappa shape index (κ1) is 16.1. The molecule has 0 aliphatic rings. The first-order valence-corrected chi connectivity index (χ1v) is 7.83. The Morgan fingerprint density at radius 3 is 2.59 bits per heavy atom. The normalized spacial score (nSPS) is 13.3. The van der Waals surface area contributed by atoms with E-state index in [0.717, 1.165) is 6.42 Å². The molecule has 0 aliphatic heterocycles. The summed E-state index contributed by atoms with van der Waals surface area (Å²) in [5.74, 6) is 0. The lowest BCUT2D eigenvalue weighted by molar-refractivity contribution is 1.06. The van der Waals surface area contributed by atoms with Crippen LogP contribution in [0.15, 0.2) is 60.7 Å². The van der Waals surface area contributed by atoms with Gasteiger partial charge in [-0.1, -0.05) is 61.6 Å². The number of para-hydroxylation sites is 1. The predicted octanol–water partition coefficient (Wildman–Crippen LogP) is 6.37. The summed E-state index contributed by atoms with van der Waals surface area (Å²) < 4.78 is 2.33. The molecule has 1 aromatic heterocycles. The Hall–Kier alpha value is -2.28. The van der Waals surface area contributed by atoms with Crippen molar-refractivity contribution in [2.75, 3.05) is 0 Å². The zero-order valence-electron chi connectivity index (χ0n) is 14.1. The second-order valence-corrected chi connectivity index (χ2v) is 5.62. The SMILES string of the molecule is C=C/C=C\C=C(/C)n1c(C)c(/C=C(/C)CC)c2ccccc21. The molecule has 1 heteroatoms. The summed E-state index contributed by atoms with van der Waals surface area (Å²) in [6, 6.07) is 8.61. The minimum atomic E-state index is 1.08. The maximum Gasteiger partial charge on any atom is 0.0534 e. The molecule has 22 heavy (non-hydrogen) atoms. The van der Waals surface area contributed by atoms with Crippen molar-refractivity contribution < 1.29 is 0 Å². The van der Waals surface area contributed by atoms with Gasteiger partial charge in [-0.05, 0) is 39.3 Å². The molecule has 0 saturated heterocycles. The summed E-state index contributed by atoms with van der Waals surface area (Å²) in [5.41, 5.74) is 6.49. The van der Waals surface area contributed by atoms with Crippen molar-refractivity contribution in [3.63, 3.8) is 0 Å². The Balaban J connectivity index is 2.70. The molecule has 0 saturated carbocycles. The minimum Gasteiger partial charge on any atom is -0.317 e. The first-order valence-electron chi connectivity index (χ1n) is 7.83. The molecule has 0 N–H and O–H groups in total. The van der Waals surface area contributed by atoms with E-state index >= 15 is 0 Å². The van der Waals surface area contributed by atoms with E-state index in [1.54, 1.807) is 6.08 Å². The number of aromatic nitrogens is 1. The molecule has 1 heterocycles. The molecule has 0 amide bonds. The van der Waals surface area contributed by atoms with Crippen LogP contribution in [-0.4, -0.2) is 4.57 Å². The monoisotopic (exact) mass is 291 g/mol. The van der Waals surface area contributed by atoms with Crippen molar-refractivity contribution in [3.8, 4) is 0 Å². The maximum absolute atomic E-state index is 3.71. The zero-order valence-corrected chi connectivity index (χ0v) is 14.1. The molecule has 0 unspecified atom stereocenters. The van der Waals surface area contributed by atoms with Crippen LogP contribution in [0.5, 0.6) is 0 Å². The minimum absolute atomic E-state index is 1.08. The fourth-order valence-corrected chi connectivity index (χ4v) is 2.73. The van der Waals surface area contributed by atoms with E-state index in [1.807, 2.05) is 12.2 Å². The van der Waals surface area contributed by atoms with Crippen LogP contribution in [0.2, 0.25) is 0 Å². The van der Waals surface area contributed by atoms with E-state index in [1.165, 1.54) is 33.4 Å². The molecule has 0 radical (unpaired) electrons. The third-order valence-corrected chi connectivity index (χ3v) is 4.05. The van der Waals surface area contributed by atoms with Crippen molar-refractivity contribution >= 4 is 22.7 Å². The van der Waals surface area contributed by atoms with Crippen LogP contribution in [0.4, 0.5) is 0 Å². The van der Waals surface area contributed by atoms with E-state index in [0.29, 0.717) is 0 Å². The first-order chi connectivity index (χ1) is 10.6. The van der Waals surface area contributed by atoms with Crippen LogP contribution in [0.3, 0.4) is 0 Å². The number of fused-ring (bicyclic) bond motifs is 1. The van der Waals surface area contributed by atoms with E-state index in [9.17, 15) is 0 Å². The second-order valence-electron chi connectivity index (χ2n) is 5.62.